The fourth-order valence-corrected chi connectivity index (χ4v) is 6.73. The highest BCUT2D eigenvalue weighted by Crippen LogP contribution is 2.43. The van der Waals surface area contributed by atoms with Crippen molar-refractivity contribution in [1.29, 1.82) is 0 Å². The van der Waals surface area contributed by atoms with Crippen LogP contribution in [0.25, 0.3) is 33.1 Å². The number of benzene rings is 1. The first kappa shape index (κ1) is 29.0. The van der Waals surface area contributed by atoms with Crippen LogP contribution < -0.4 is 9.80 Å². The van der Waals surface area contributed by atoms with Crippen LogP contribution >= 0.6 is 34.5 Å². The van der Waals surface area contributed by atoms with Crippen molar-refractivity contribution in [3.05, 3.63) is 47.5 Å². The number of rotatable bonds is 5. The van der Waals surface area contributed by atoms with Gasteiger partial charge in [-0.2, -0.15) is 13.0 Å². The van der Waals surface area contributed by atoms with Gasteiger partial charge in [-0.05, 0) is 52.6 Å². The Hall–Kier alpha value is -3.10. The van der Waals surface area contributed by atoms with Crippen molar-refractivity contribution in [1.82, 2.24) is 32.7 Å². The van der Waals surface area contributed by atoms with E-state index in [9.17, 15) is 4.79 Å². The van der Waals surface area contributed by atoms with E-state index in [-0.39, 0.29) is 34.1 Å². The predicted molar refractivity (Wildman–Crippen MR) is 173 cm³/mol. The maximum atomic E-state index is 16.9. The Kier molecular flexibility index (Phi) is 7.50. The number of anilines is 2. The molecule has 3 aromatic heterocycles. The number of hydrogen-bond donors (Lipinski definition) is 0. The molecule has 2 aliphatic heterocycles. The molecule has 42 heavy (non-hydrogen) atoms. The molecule has 13 heteroatoms. The summed E-state index contributed by atoms with van der Waals surface area (Å²) < 4.78 is 18.5. The molecule has 0 saturated carbocycles. The molecule has 0 unspecified atom stereocenters. The first-order valence-electron chi connectivity index (χ1n) is 13.8. The topological polar surface area (TPSA) is 86.5 Å². The zero-order chi connectivity index (χ0) is 30.0. The van der Waals surface area contributed by atoms with Gasteiger partial charge in [0.25, 0.3) is 0 Å². The Bertz CT molecular complexity index is 1740. The summed E-state index contributed by atoms with van der Waals surface area (Å²) in [6.45, 7) is 12.1. The Morgan fingerprint density at radius 3 is 2.55 bits per heavy atom. The first-order chi connectivity index (χ1) is 20.0. The second-order valence-corrected chi connectivity index (χ2v) is 12.7. The third kappa shape index (κ3) is 4.67. The highest BCUT2D eigenvalue weighted by atomic mass is 127. The van der Waals surface area contributed by atoms with Gasteiger partial charge < -0.3 is 19.6 Å². The van der Waals surface area contributed by atoms with Crippen molar-refractivity contribution in [2.75, 3.05) is 50.1 Å². The van der Waals surface area contributed by atoms with Crippen LogP contribution in [-0.2, 0) is 4.79 Å². The van der Waals surface area contributed by atoms with Gasteiger partial charge in [0.1, 0.15) is 11.3 Å². The zero-order valence-corrected chi connectivity index (χ0v) is 27.1. The van der Waals surface area contributed by atoms with Crippen LogP contribution in [0.4, 0.5) is 16.2 Å². The van der Waals surface area contributed by atoms with Gasteiger partial charge in [-0.3, -0.25) is 4.79 Å². The molecule has 2 fully saturated rings. The molecule has 1 aromatic carbocycles. The van der Waals surface area contributed by atoms with Gasteiger partial charge in [-0.25, -0.2) is 14.4 Å². The van der Waals surface area contributed by atoms with Crippen molar-refractivity contribution in [2.45, 2.75) is 38.9 Å². The van der Waals surface area contributed by atoms with Crippen molar-refractivity contribution < 1.29 is 9.18 Å². The molecule has 0 N–H and O–H groups in total. The lowest BCUT2D eigenvalue weighted by atomic mass is 9.97. The molecule has 2 saturated heterocycles. The van der Waals surface area contributed by atoms with Crippen molar-refractivity contribution in [3.8, 4) is 11.1 Å². The minimum Gasteiger partial charge on any atom is -0.349 e. The van der Waals surface area contributed by atoms with Gasteiger partial charge >= 0.3 is 0 Å². The maximum Gasteiger partial charge on any atom is 0.246 e. The third-order valence-corrected chi connectivity index (χ3v) is 9.44. The lowest BCUT2D eigenvalue weighted by Gasteiger charge is -2.45. The summed E-state index contributed by atoms with van der Waals surface area (Å²) >= 11 is 8.99. The number of fused-ring (bicyclic) bond motifs is 2. The summed E-state index contributed by atoms with van der Waals surface area (Å²) in [6.07, 6.45) is 4.74. The number of nitrogens with zero attached hydrogens (tertiary/aromatic N) is 9. The van der Waals surface area contributed by atoms with Gasteiger partial charge in [0, 0.05) is 72.4 Å². The van der Waals surface area contributed by atoms with Crippen LogP contribution in [0, 0.1) is 12.7 Å². The van der Waals surface area contributed by atoms with Gasteiger partial charge in [-0.1, -0.05) is 18.2 Å². The molecule has 0 aliphatic carbocycles. The number of carbonyl (C=O) groups is 1. The van der Waals surface area contributed by atoms with E-state index in [2.05, 4.69) is 54.2 Å². The minimum atomic E-state index is -0.509. The summed E-state index contributed by atoms with van der Waals surface area (Å²) in [5.41, 5.74) is 2.53. The van der Waals surface area contributed by atoms with Crippen LogP contribution in [-0.4, -0.2) is 97.1 Å². The second kappa shape index (κ2) is 10.9. The molecule has 2 atom stereocenters. The SMILES string of the molecule is C=CC(=O)N1C[C@H](C)N(c2nc(N3CC(N(C)C)C3)nc3c(F)c(-c4c(C)cnc5c4cnn5I)c(Cl)cc23)C[C@H]1C. The van der Waals surface area contributed by atoms with Crippen molar-refractivity contribution in [3.63, 3.8) is 0 Å². The summed E-state index contributed by atoms with van der Waals surface area (Å²) in [7, 11) is 4.09. The van der Waals surface area contributed by atoms with Gasteiger partial charge in [0.2, 0.25) is 11.9 Å². The standard InChI is InChI=1S/C29H32ClFIN9O/c1-7-22(42)39-11-17(4)40(12-16(39)3)28-19-8-21(30)24(23-15(2)9-33-27-20(23)10-34-41(27)32)25(31)26(19)35-29(36-28)38-13-18(14-38)37(5)6/h7-10,16-18H,1,11-14H2,2-6H3/t16-,17+/m1/s1. The van der Waals surface area contributed by atoms with Crippen LogP contribution in [0.3, 0.4) is 0 Å². The number of aryl methyl sites for hydroxylation is 1. The van der Waals surface area contributed by atoms with Crippen LogP contribution in [0.5, 0.6) is 0 Å². The molecule has 5 heterocycles. The molecule has 10 nitrogen and oxygen atoms in total. The number of amides is 1. The van der Waals surface area contributed by atoms with E-state index in [1.807, 2.05) is 39.8 Å². The predicted octanol–water partition coefficient (Wildman–Crippen LogP) is 4.70. The fourth-order valence-electron chi connectivity index (χ4n) is 5.93. The Morgan fingerprint density at radius 2 is 1.86 bits per heavy atom. The third-order valence-electron chi connectivity index (χ3n) is 8.44. The number of aromatic nitrogens is 5. The molecular weight excluding hydrogens is 672 g/mol. The molecular formula is C29H32ClFIN9O. The lowest BCUT2D eigenvalue weighted by molar-refractivity contribution is -0.128. The number of pyridine rings is 1. The Morgan fingerprint density at radius 1 is 1.12 bits per heavy atom. The largest absolute Gasteiger partial charge is 0.349 e. The lowest BCUT2D eigenvalue weighted by Crippen LogP contribution is -2.59. The van der Waals surface area contributed by atoms with E-state index in [1.165, 1.54) is 6.08 Å². The quantitative estimate of drug-likeness (QED) is 0.219. The molecule has 2 aliphatic rings. The number of hydrogen-bond acceptors (Lipinski definition) is 8. The van der Waals surface area contributed by atoms with Gasteiger partial charge in [-0.15, -0.1) is 0 Å². The number of piperazine rings is 1. The summed E-state index contributed by atoms with van der Waals surface area (Å²) in [5.74, 6) is 0.469. The minimum absolute atomic E-state index is 0.0833. The van der Waals surface area contributed by atoms with Crippen LogP contribution in [0.1, 0.15) is 19.4 Å². The summed E-state index contributed by atoms with van der Waals surface area (Å²) in [4.78, 5) is 35.0. The molecule has 220 valence electrons. The van der Waals surface area contributed by atoms with Crippen LogP contribution in [0.2, 0.25) is 5.02 Å². The van der Waals surface area contributed by atoms with E-state index >= 15 is 4.39 Å². The van der Waals surface area contributed by atoms with E-state index in [0.717, 1.165) is 18.7 Å². The van der Waals surface area contributed by atoms with E-state index in [0.29, 0.717) is 52.9 Å². The molecule has 0 bridgehead atoms. The van der Waals surface area contributed by atoms with E-state index < -0.39 is 5.82 Å². The van der Waals surface area contributed by atoms with Crippen molar-refractivity contribution >= 4 is 74.1 Å². The number of carbonyl (C=O) groups excluding carboxylic acids is 1. The average Bonchev–Trinajstić information content (AvgIpc) is 3.29. The Labute approximate surface area is 262 Å². The van der Waals surface area contributed by atoms with E-state index in [4.69, 9.17) is 21.6 Å². The molecule has 0 spiro atoms. The summed E-state index contributed by atoms with van der Waals surface area (Å²) in [5, 5.41) is 5.83. The smallest absolute Gasteiger partial charge is 0.246 e. The molecule has 4 aromatic rings. The highest BCUT2D eigenvalue weighted by Gasteiger charge is 2.36. The van der Waals surface area contributed by atoms with Gasteiger partial charge in [0.15, 0.2) is 11.5 Å². The van der Waals surface area contributed by atoms with E-state index in [1.54, 1.807) is 21.4 Å². The maximum absolute atomic E-state index is 16.9. The first-order valence-corrected chi connectivity index (χ1v) is 15.1. The highest BCUT2D eigenvalue weighted by molar-refractivity contribution is 14.1. The monoisotopic (exact) mass is 703 g/mol. The Balaban J connectivity index is 1.55. The van der Waals surface area contributed by atoms with Crippen molar-refractivity contribution in [2.24, 2.45) is 0 Å². The van der Waals surface area contributed by atoms with Gasteiger partial charge in [0.05, 0.1) is 34.1 Å². The molecule has 1 amide bonds. The number of likely N-dealkylation sites (N-methyl/N-ethyl adjacent to an activating group) is 1. The normalized spacial score (nSPS) is 19.7. The molecule has 6 rings (SSSR count). The summed E-state index contributed by atoms with van der Waals surface area (Å²) in [6, 6.07) is 1.95. The number of halogens is 3. The fraction of sp³-hybridized carbons (Fsp3) is 0.414. The zero-order valence-electron chi connectivity index (χ0n) is 24.1. The molecule has 0 radical (unpaired) electrons. The second-order valence-electron chi connectivity index (χ2n) is 11.4. The van der Waals surface area contributed by atoms with Crippen LogP contribution in [0.15, 0.2) is 31.1 Å². The average molecular weight is 704 g/mol.